The predicted molar refractivity (Wildman–Crippen MR) is 110 cm³/mol. The zero-order valence-corrected chi connectivity index (χ0v) is 17.8. The number of aromatic hydroxyl groups is 1. The molecule has 0 aromatic heterocycles. The predicted octanol–water partition coefficient (Wildman–Crippen LogP) is 4.89. The van der Waals surface area contributed by atoms with Crippen molar-refractivity contribution < 1.29 is 23.0 Å². The lowest BCUT2D eigenvalue weighted by molar-refractivity contribution is -0.274. The molecular formula is C18H20BrCl2F3N2O2. The summed E-state index contributed by atoms with van der Waals surface area (Å²) in [7, 11) is 0. The SMILES string of the molecule is Cl.Cl.Oc1c(Br)cccc1[C@@H](c1ccc(OC(F)(F)F)cc1)N1CCNCC1. The number of halogens is 6. The molecule has 1 saturated heterocycles. The van der Waals surface area contributed by atoms with E-state index in [1.165, 1.54) is 12.1 Å². The highest BCUT2D eigenvalue weighted by Gasteiger charge is 2.31. The van der Waals surface area contributed by atoms with Gasteiger partial charge in [0.1, 0.15) is 11.5 Å². The van der Waals surface area contributed by atoms with Crippen molar-refractivity contribution in [2.75, 3.05) is 26.2 Å². The molecule has 4 nitrogen and oxygen atoms in total. The first-order valence-corrected chi connectivity index (χ1v) is 8.92. The quantitative estimate of drug-likeness (QED) is 0.623. The van der Waals surface area contributed by atoms with Gasteiger partial charge in [0.05, 0.1) is 10.5 Å². The number of phenolic OH excluding ortho intramolecular Hbond substituents is 1. The van der Waals surface area contributed by atoms with Crippen LogP contribution >= 0.6 is 40.7 Å². The van der Waals surface area contributed by atoms with Crippen LogP contribution in [0.1, 0.15) is 17.2 Å². The van der Waals surface area contributed by atoms with Gasteiger partial charge >= 0.3 is 6.36 Å². The van der Waals surface area contributed by atoms with E-state index in [9.17, 15) is 18.3 Å². The second kappa shape index (κ2) is 10.5. The zero-order valence-electron chi connectivity index (χ0n) is 14.6. The highest BCUT2D eigenvalue weighted by Crippen LogP contribution is 2.38. The Kier molecular flexibility index (Phi) is 9.36. The summed E-state index contributed by atoms with van der Waals surface area (Å²) in [6.07, 6.45) is -4.72. The Morgan fingerprint density at radius 2 is 1.64 bits per heavy atom. The maximum absolute atomic E-state index is 12.4. The second-order valence-electron chi connectivity index (χ2n) is 5.98. The van der Waals surface area contributed by atoms with E-state index < -0.39 is 6.36 Å². The van der Waals surface area contributed by atoms with E-state index in [1.54, 1.807) is 18.2 Å². The van der Waals surface area contributed by atoms with Crippen molar-refractivity contribution in [2.45, 2.75) is 12.4 Å². The van der Waals surface area contributed by atoms with Crippen molar-refractivity contribution in [3.63, 3.8) is 0 Å². The molecule has 0 amide bonds. The van der Waals surface area contributed by atoms with Crippen molar-refractivity contribution in [2.24, 2.45) is 0 Å². The lowest BCUT2D eigenvalue weighted by Gasteiger charge is -2.36. The van der Waals surface area contributed by atoms with E-state index in [-0.39, 0.29) is 42.4 Å². The molecule has 1 aliphatic rings. The Bertz CT molecular complexity index is 757. The van der Waals surface area contributed by atoms with Crippen LogP contribution in [0.2, 0.25) is 0 Å². The molecule has 2 aromatic rings. The maximum Gasteiger partial charge on any atom is 0.573 e. The van der Waals surface area contributed by atoms with Crippen molar-refractivity contribution in [3.8, 4) is 11.5 Å². The van der Waals surface area contributed by atoms with Crippen LogP contribution in [-0.4, -0.2) is 42.5 Å². The van der Waals surface area contributed by atoms with Crippen LogP contribution in [0.15, 0.2) is 46.9 Å². The van der Waals surface area contributed by atoms with Crippen molar-refractivity contribution in [1.29, 1.82) is 0 Å². The van der Waals surface area contributed by atoms with E-state index >= 15 is 0 Å². The Labute approximate surface area is 182 Å². The fourth-order valence-corrected chi connectivity index (χ4v) is 3.51. The van der Waals surface area contributed by atoms with Crippen LogP contribution in [0.4, 0.5) is 13.2 Å². The molecule has 1 atom stereocenters. The molecule has 2 N–H and O–H groups in total. The highest BCUT2D eigenvalue weighted by molar-refractivity contribution is 9.10. The lowest BCUT2D eigenvalue weighted by atomic mass is 9.95. The average molecular weight is 504 g/mol. The van der Waals surface area contributed by atoms with Gasteiger partial charge in [-0.3, -0.25) is 4.90 Å². The van der Waals surface area contributed by atoms with Gasteiger partial charge in [0.2, 0.25) is 0 Å². The van der Waals surface area contributed by atoms with Gasteiger partial charge in [0, 0.05) is 31.7 Å². The van der Waals surface area contributed by atoms with Crippen LogP contribution in [0, 0.1) is 0 Å². The third kappa shape index (κ3) is 6.15. The summed E-state index contributed by atoms with van der Waals surface area (Å²) in [5, 5.41) is 13.8. The third-order valence-electron chi connectivity index (χ3n) is 4.26. The van der Waals surface area contributed by atoms with E-state index in [4.69, 9.17) is 0 Å². The number of alkyl halides is 3. The van der Waals surface area contributed by atoms with Gasteiger partial charge < -0.3 is 15.2 Å². The molecular weight excluding hydrogens is 484 g/mol. The first-order chi connectivity index (χ1) is 12.3. The first-order valence-electron chi connectivity index (χ1n) is 8.13. The molecule has 1 heterocycles. The van der Waals surface area contributed by atoms with Gasteiger partial charge in [-0.2, -0.15) is 0 Å². The number of piperazine rings is 1. The fourth-order valence-electron chi connectivity index (χ4n) is 3.13. The van der Waals surface area contributed by atoms with Crippen molar-refractivity contribution >= 4 is 40.7 Å². The molecule has 0 unspecified atom stereocenters. The molecule has 1 fully saturated rings. The van der Waals surface area contributed by atoms with E-state index in [2.05, 4.69) is 30.9 Å². The standard InChI is InChI=1S/C18H18BrF3N2O2.2ClH/c19-15-3-1-2-14(17(15)25)16(24-10-8-23-9-11-24)12-4-6-13(7-5-12)26-18(20,21)22;;/h1-7,16,23,25H,8-11H2;2*1H/t16-;;/m1../s1. The summed E-state index contributed by atoms with van der Waals surface area (Å²) in [4.78, 5) is 2.19. The van der Waals surface area contributed by atoms with Gasteiger partial charge in [0.15, 0.2) is 0 Å². The molecule has 28 heavy (non-hydrogen) atoms. The summed E-state index contributed by atoms with van der Waals surface area (Å²) in [6.45, 7) is 3.13. The van der Waals surface area contributed by atoms with Crippen molar-refractivity contribution in [3.05, 3.63) is 58.1 Å². The number of hydrogen-bond acceptors (Lipinski definition) is 4. The molecule has 1 aliphatic heterocycles. The fraction of sp³-hybridized carbons (Fsp3) is 0.333. The van der Waals surface area contributed by atoms with Crippen LogP contribution in [-0.2, 0) is 0 Å². The Morgan fingerprint density at radius 3 is 2.21 bits per heavy atom. The molecule has 0 bridgehead atoms. The van der Waals surface area contributed by atoms with Crippen LogP contribution in [0.5, 0.6) is 11.5 Å². The van der Waals surface area contributed by atoms with Crippen LogP contribution in [0.25, 0.3) is 0 Å². The van der Waals surface area contributed by atoms with E-state index in [1.807, 2.05) is 12.1 Å². The smallest absolute Gasteiger partial charge is 0.506 e. The summed E-state index contributed by atoms with van der Waals surface area (Å²) in [6, 6.07) is 10.9. The molecule has 156 valence electrons. The average Bonchev–Trinajstić information content (AvgIpc) is 2.60. The minimum atomic E-state index is -4.72. The Hall–Kier alpha value is -1.19. The monoisotopic (exact) mass is 502 g/mol. The molecule has 0 radical (unpaired) electrons. The van der Waals surface area contributed by atoms with Crippen molar-refractivity contribution in [1.82, 2.24) is 10.2 Å². The zero-order chi connectivity index (χ0) is 18.7. The third-order valence-corrected chi connectivity index (χ3v) is 4.90. The van der Waals surface area contributed by atoms with E-state index in [0.29, 0.717) is 10.0 Å². The highest BCUT2D eigenvalue weighted by atomic mass is 79.9. The van der Waals surface area contributed by atoms with Crippen LogP contribution in [0.3, 0.4) is 0 Å². The topological polar surface area (TPSA) is 44.7 Å². The summed E-state index contributed by atoms with van der Waals surface area (Å²) >= 11 is 3.33. The molecule has 10 heteroatoms. The largest absolute Gasteiger partial charge is 0.573 e. The van der Waals surface area contributed by atoms with Gasteiger partial charge in [0.25, 0.3) is 0 Å². The van der Waals surface area contributed by atoms with Gasteiger partial charge in [-0.15, -0.1) is 38.0 Å². The maximum atomic E-state index is 12.4. The minimum absolute atomic E-state index is 0. The minimum Gasteiger partial charge on any atom is -0.506 e. The number of rotatable bonds is 4. The lowest BCUT2D eigenvalue weighted by Crippen LogP contribution is -2.45. The second-order valence-corrected chi connectivity index (χ2v) is 6.84. The molecule has 0 saturated carbocycles. The van der Waals surface area contributed by atoms with E-state index in [0.717, 1.165) is 31.7 Å². The van der Waals surface area contributed by atoms with Gasteiger partial charge in [-0.25, -0.2) is 0 Å². The summed E-state index contributed by atoms with van der Waals surface area (Å²) < 4.78 is 41.7. The van der Waals surface area contributed by atoms with Crippen LogP contribution < -0.4 is 10.1 Å². The first kappa shape index (κ1) is 24.8. The summed E-state index contributed by atoms with van der Waals surface area (Å²) in [5.74, 6) is -0.134. The summed E-state index contributed by atoms with van der Waals surface area (Å²) in [5.41, 5.74) is 1.49. The van der Waals surface area contributed by atoms with Gasteiger partial charge in [-0.05, 0) is 39.7 Å². The molecule has 0 spiro atoms. The molecule has 0 aliphatic carbocycles. The number of nitrogens with zero attached hydrogens (tertiary/aromatic N) is 1. The number of benzene rings is 2. The number of phenols is 1. The Balaban J connectivity index is 0.00000196. The number of nitrogens with one attached hydrogen (secondary N) is 1. The molecule has 2 aromatic carbocycles. The normalized spacial score (nSPS) is 15.9. The Morgan fingerprint density at radius 1 is 1.04 bits per heavy atom. The number of ether oxygens (including phenoxy) is 1. The number of hydrogen-bond donors (Lipinski definition) is 2. The number of para-hydroxylation sites is 1. The molecule has 3 rings (SSSR count). The van der Waals surface area contributed by atoms with Gasteiger partial charge in [-0.1, -0.05) is 24.3 Å².